The Morgan fingerprint density at radius 2 is 1.88 bits per heavy atom. The molecule has 1 heterocycles. The molecular formula is C20H19ClN2O3. The normalized spacial score (nSPS) is 12.0. The molecule has 26 heavy (non-hydrogen) atoms. The molecule has 0 aliphatic heterocycles. The molecule has 1 unspecified atom stereocenters. The van der Waals surface area contributed by atoms with Crippen LogP contribution in [0.15, 0.2) is 54.6 Å². The molecule has 5 nitrogen and oxygen atoms in total. The second-order valence-corrected chi connectivity index (χ2v) is 6.47. The molecule has 1 aromatic heterocycles. The number of carbonyl (C=O) groups excluding carboxylic acids is 2. The van der Waals surface area contributed by atoms with Gasteiger partial charge in [-0.3, -0.25) is 4.79 Å². The number of aromatic nitrogens is 1. The molecule has 3 rings (SSSR count). The molecule has 0 aliphatic rings. The summed E-state index contributed by atoms with van der Waals surface area (Å²) in [7, 11) is 3.10. The summed E-state index contributed by atoms with van der Waals surface area (Å²) in [5.74, 6) is -0.824. The zero-order valence-electron chi connectivity index (χ0n) is 14.5. The van der Waals surface area contributed by atoms with Crippen molar-refractivity contribution in [1.82, 2.24) is 9.88 Å². The number of nitrogens with one attached hydrogen (secondary N) is 1. The number of hydrogen-bond donors (Lipinski definition) is 1. The average molecular weight is 371 g/mol. The molecule has 0 spiro atoms. The van der Waals surface area contributed by atoms with Crippen LogP contribution in [0.2, 0.25) is 5.02 Å². The van der Waals surface area contributed by atoms with E-state index in [1.54, 1.807) is 29.8 Å². The Balaban J connectivity index is 1.86. The van der Waals surface area contributed by atoms with Crippen LogP contribution in [0.4, 0.5) is 0 Å². The Bertz CT molecular complexity index is 950. The van der Waals surface area contributed by atoms with Crippen molar-refractivity contribution >= 4 is 34.4 Å². The maximum absolute atomic E-state index is 12.8. The lowest BCUT2D eigenvalue weighted by Gasteiger charge is -2.17. The number of aryl methyl sites for hydroxylation is 1. The van der Waals surface area contributed by atoms with E-state index in [9.17, 15) is 9.59 Å². The van der Waals surface area contributed by atoms with Gasteiger partial charge in [0, 0.05) is 29.4 Å². The summed E-state index contributed by atoms with van der Waals surface area (Å²) in [6, 6.07) is 15.9. The number of rotatable bonds is 5. The van der Waals surface area contributed by atoms with Gasteiger partial charge in [0.1, 0.15) is 11.7 Å². The highest BCUT2D eigenvalue weighted by molar-refractivity contribution is 6.31. The van der Waals surface area contributed by atoms with Crippen LogP contribution in [0.5, 0.6) is 0 Å². The van der Waals surface area contributed by atoms with Gasteiger partial charge in [-0.1, -0.05) is 48.0 Å². The van der Waals surface area contributed by atoms with Crippen molar-refractivity contribution in [3.8, 4) is 0 Å². The third kappa shape index (κ3) is 3.73. The molecule has 0 radical (unpaired) electrons. The molecular weight excluding hydrogens is 352 g/mol. The lowest BCUT2D eigenvalue weighted by atomic mass is 10.1. The highest BCUT2D eigenvalue weighted by Gasteiger charge is 2.24. The first-order valence-corrected chi connectivity index (χ1v) is 8.55. The van der Waals surface area contributed by atoms with Crippen molar-refractivity contribution < 1.29 is 14.3 Å². The van der Waals surface area contributed by atoms with Gasteiger partial charge >= 0.3 is 5.97 Å². The van der Waals surface area contributed by atoms with Crippen molar-refractivity contribution in [3.63, 3.8) is 0 Å². The van der Waals surface area contributed by atoms with E-state index in [1.165, 1.54) is 7.11 Å². The minimum Gasteiger partial charge on any atom is -0.467 e. The van der Waals surface area contributed by atoms with Crippen LogP contribution in [0, 0.1) is 0 Å². The third-order valence-corrected chi connectivity index (χ3v) is 4.55. The summed E-state index contributed by atoms with van der Waals surface area (Å²) in [5, 5.41) is 4.28. The van der Waals surface area contributed by atoms with Crippen LogP contribution in [0.3, 0.4) is 0 Å². The standard InChI is InChI=1S/C20H19ClN2O3/c1-23-17-12-15(21)9-8-14(17)11-18(23)19(24)22-16(20(25)26-2)10-13-6-4-3-5-7-13/h3-9,11-12,16H,10H2,1-2H3,(H,22,24). The van der Waals surface area contributed by atoms with E-state index in [-0.39, 0.29) is 5.91 Å². The molecule has 134 valence electrons. The fraction of sp³-hybridized carbons (Fsp3) is 0.200. The third-order valence-electron chi connectivity index (χ3n) is 4.31. The van der Waals surface area contributed by atoms with Crippen LogP contribution in [-0.2, 0) is 23.0 Å². The number of fused-ring (bicyclic) bond motifs is 1. The number of methoxy groups -OCH3 is 1. The highest BCUT2D eigenvalue weighted by Crippen LogP contribution is 2.22. The fourth-order valence-electron chi connectivity index (χ4n) is 2.94. The van der Waals surface area contributed by atoms with Gasteiger partial charge in [-0.25, -0.2) is 4.79 Å². The summed E-state index contributed by atoms with van der Waals surface area (Å²) in [6.45, 7) is 0. The topological polar surface area (TPSA) is 60.3 Å². The van der Waals surface area contributed by atoms with E-state index >= 15 is 0 Å². The minimum atomic E-state index is -0.767. The molecule has 1 amide bonds. The molecule has 0 saturated heterocycles. The van der Waals surface area contributed by atoms with Crippen LogP contribution in [0.25, 0.3) is 10.9 Å². The minimum absolute atomic E-state index is 0.342. The first-order valence-electron chi connectivity index (χ1n) is 8.17. The zero-order valence-corrected chi connectivity index (χ0v) is 15.3. The Hall–Kier alpha value is -2.79. The van der Waals surface area contributed by atoms with Crippen molar-refractivity contribution in [2.24, 2.45) is 7.05 Å². The smallest absolute Gasteiger partial charge is 0.328 e. The van der Waals surface area contributed by atoms with Crippen LogP contribution < -0.4 is 5.32 Å². The number of halogens is 1. The van der Waals surface area contributed by atoms with E-state index in [0.29, 0.717) is 17.1 Å². The number of carbonyl (C=O) groups is 2. The van der Waals surface area contributed by atoms with Crippen LogP contribution >= 0.6 is 11.6 Å². The number of nitrogens with zero attached hydrogens (tertiary/aromatic N) is 1. The zero-order chi connectivity index (χ0) is 18.7. The van der Waals surface area contributed by atoms with Gasteiger partial charge in [-0.2, -0.15) is 0 Å². The lowest BCUT2D eigenvalue weighted by Crippen LogP contribution is -2.43. The van der Waals surface area contributed by atoms with Crippen molar-refractivity contribution in [2.45, 2.75) is 12.5 Å². The number of amides is 1. The van der Waals surface area contributed by atoms with Crippen molar-refractivity contribution in [1.29, 1.82) is 0 Å². The van der Waals surface area contributed by atoms with Gasteiger partial charge in [0.25, 0.3) is 5.91 Å². The molecule has 6 heteroatoms. The summed E-state index contributed by atoms with van der Waals surface area (Å²) in [5.41, 5.74) is 2.23. The summed E-state index contributed by atoms with van der Waals surface area (Å²) < 4.78 is 6.61. The number of hydrogen-bond acceptors (Lipinski definition) is 3. The number of benzene rings is 2. The molecule has 0 bridgehead atoms. The van der Waals surface area contributed by atoms with Crippen molar-refractivity contribution in [2.75, 3.05) is 7.11 Å². The molecule has 1 atom stereocenters. The van der Waals surface area contributed by atoms with E-state index < -0.39 is 12.0 Å². The quantitative estimate of drug-likeness (QED) is 0.701. The van der Waals surface area contributed by atoms with Gasteiger partial charge in [0.05, 0.1) is 7.11 Å². The fourth-order valence-corrected chi connectivity index (χ4v) is 3.10. The molecule has 0 saturated carbocycles. The van der Waals surface area contributed by atoms with Gasteiger partial charge in [-0.15, -0.1) is 0 Å². The lowest BCUT2D eigenvalue weighted by molar-refractivity contribution is -0.142. The molecule has 1 N–H and O–H groups in total. The van der Waals surface area contributed by atoms with E-state index in [0.717, 1.165) is 16.5 Å². The monoisotopic (exact) mass is 370 g/mol. The van der Waals surface area contributed by atoms with E-state index in [2.05, 4.69) is 5.32 Å². The van der Waals surface area contributed by atoms with E-state index in [1.807, 2.05) is 36.4 Å². The predicted octanol–water partition coefficient (Wildman–Crippen LogP) is 3.35. The predicted molar refractivity (Wildman–Crippen MR) is 101 cm³/mol. The Morgan fingerprint density at radius 1 is 1.15 bits per heavy atom. The highest BCUT2D eigenvalue weighted by atomic mass is 35.5. The Kier molecular flexibility index (Phi) is 5.28. The first kappa shape index (κ1) is 18.0. The van der Waals surface area contributed by atoms with Gasteiger partial charge < -0.3 is 14.6 Å². The molecule has 0 fully saturated rings. The van der Waals surface area contributed by atoms with Crippen LogP contribution in [-0.4, -0.2) is 29.6 Å². The van der Waals surface area contributed by atoms with Crippen molar-refractivity contribution in [3.05, 3.63) is 70.9 Å². The number of ether oxygens (including phenoxy) is 1. The maximum atomic E-state index is 12.8. The average Bonchev–Trinajstić information content (AvgIpc) is 2.97. The SMILES string of the molecule is COC(=O)C(Cc1ccccc1)NC(=O)c1cc2ccc(Cl)cc2n1C. The Labute approximate surface area is 156 Å². The summed E-state index contributed by atoms with van der Waals surface area (Å²) in [6.07, 6.45) is 0.356. The number of esters is 1. The molecule has 2 aromatic carbocycles. The van der Waals surface area contributed by atoms with Crippen LogP contribution in [0.1, 0.15) is 16.1 Å². The summed E-state index contributed by atoms with van der Waals surface area (Å²) in [4.78, 5) is 24.9. The molecule has 3 aromatic rings. The first-order chi connectivity index (χ1) is 12.5. The van der Waals surface area contributed by atoms with E-state index in [4.69, 9.17) is 16.3 Å². The second kappa shape index (κ2) is 7.62. The Morgan fingerprint density at radius 3 is 2.58 bits per heavy atom. The maximum Gasteiger partial charge on any atom is 0.328 e. The van der Waals surface area contributed by atoms with Gasteiger partial charge in [0.15, 0.2) is 0 Å². The molecule has 0 aliphatic carbocycles. The van der Waals surface area contributed by atoms with Gasteiger partial charge in [0.2, 0.25) is 0 Å². The van der Waals surface area contributed by atoms with Gasteiger partial charge in [-0.05, 0) is 23.8 Å². The second-order valence-electron chi connectivity index (χ2n) is 6.03. The largest absolute Gasteiger partial charge is 0.467 e. The summed E-state index contributed by atoms with van der Waals surface area (Å²) >= 11 is 6.04.